The molecule has 7 atom stereocenters. The molecule has 0 N–H and O–H groups in total. The van der Waals surface area contributed by atoms with Gasteiger partial charge in [0.2, 0.25) is 0 Å². The predicted molar refractivity (Wildman–Crippen MR) is 120 cm³/mol. The van der Waals surface area contributed by atoms with E-state index in [0.717, 1.165) is 23.3 Å². The van der Waals surface area contributed by atoms with Gasteiger partial charge in [0.25, 0.3) is 0 Å². The molecule has 1 aromatic heterocycles. The highest BCUT2D eigenvalue weighted by atomic mass is 15.1. The van der Waals surface area contributed by atoms with Crippen molar-refractivity contribution in [1.82, 2.24) is 9.55 Å². The number of imidazole rings is 1. The molecular formula is C27H34N2. The molecule has 4 unspecified atom stereocenters. The van der Waals surface area contributed by atoms with Gasteiger partial charge in [-0.3, -0.25) is 0 Å². The van der Waals surface area contributed by atoms with Gasteiger partial charge in [0.15, 0.2) is 0 Å². The lowest BCUT2D eigenvalue weighted by atomic mass is 9.47. The number of hydrogen-bond donors (Lipinski definition) is 0. The molecule has 0 spiro atoms. The second-order valence-corrected chi connectivity index (χ2v) is 11.0. The molecule has 2 nitrogen and oxygen atoms in total. The van der Waals surface area contributed by atoms with Crippen LogP contribution in [0, 0.1) is 34.5 Å². The maximum atomic E-state index is 4.71. The average molecular weight is 387 g/mol. The van der Waals surface area contributed by atoms with Crippen molar-refractivity contribution in [2.24, 2.45) is 34.5 Å². The van der Waals surface area contributed by atoms with Gasteiger partial charge in [-0.15, -0.1) is 0 Å². The average Bonchev–Trinajstić information content (AvgIpc) is 3.29. The highest BCUT2D eigenvalue weighted by molar-refractivity contribution is 5.75. The summed E-state index contributed by atoms with van der Waals surface area (Å²) in [6.45, 7) is 7.63. The number of fused-ring (bicyclic) bond motifs is 6. The SMILES string of the molecule is C[C@@H]1CC[C@@]2(C)C(=CCC3C4C=CC(n5cnc6ccccc65)[C@@]4(C)CCC32)C1. The summed E-state index contributed by atoms with van der Waals surface area (Å²) in [6, 6.07) is 9.05. The molecule has 1 heterocycles. The third-order valence-corrected chi connectivity index (χ3v) is 9.60. The van der Waals surface area contributed by atoms with Crippen molar-refractivity contribution in [1.29, 1.82) is 0 Å². The van der Waals surface area contributed by atoms with Crippen LogP contribution in [0.4, 0.5) is 0 Å². The van der Waals surface area contributed by atoms with E-state index >= 15 is 0 Å². The molecule has 4 aliphatic rings. The van der Waals surface area contributed by atoms with Crippen LogP contribution in [0.5, 0.6) is 0 Å². The summed E-state index contributed by atoms with van der Waals surface area (Å²) in [5, 5.41) is 0. The van der Waals surface area contributed by atoms with Gasteiger partial charge in [0.1, 0.15) is 0 Å². The highest BCUT2D eigenvalue weighted by Gasteiger charge is 2.57. The first-order chi connectivity index (χ1) is 14.0. The molecule has 6 rings (SSSR count). The number of para-hydroxylation sites is 2. The van der Waals surface area contributed by atoms with Crippen molar-refractivity contribution < 1.29 is 0 Å². The van der Waals surface area contributed by atoms with E-state index in [4.69, 9.17) is 4.98 Å². The van der Waals surface area contributed by atoms with E-state index in [1.807, 2.05) is 0 Å². The Morgan fingerprint density at radius 3 is 2.83 bits per heavy atom. The van der Waals surface area contributed by atoms with E-state index < -0.39 is 0 Å². The summed E-state index contributed by atoms with van der Waals surface area (Å²) < 4.78 is 2.46. The van der Waals surface area contributed by atoms with E-state index in [0.29, 0.717) is 22.8 Å². The van der Waals surface area contributed by atoms with Crippen LogP contribution in [0.3, 0.4) is 0 Å². The summed E-state index contributed by atoms with van der Waals surface area (Å²) in [6.07, 6.45) is 18.1. The number of rotatable bonds is 1. The van der Waals surface area contributed by atoms with Crippen molar-refractivity contribution in [2.75, 3.05) is 0 Å². The first-order valence-corrected chi connectivity index (χ1v) is 11.8. The van der Waals surface area contributed by atoms with E-state index in [-0.39, 0.29) is 0 Å². The van der Waals surface area contributed by atoms with Gasteiger partial charge in [0.05, 0.1) is 23.4 Å². The molecule has 29 heavy (non-hydrogen) atoms. The Hall–Kier alpha value is -1.83. The van der Waals surface area contributed by atoms with E-state index in [1.165, 1.54) is 44.0 Å². The van der Waals surface area contributed by atoms with Crippen LogP contribution in [0.2, 0.25) is 0 Å². The van der Waals surface area contributed by atoms with Gasteiger partial charge in [0, 0.05) is 0 Å². The van der Waals surface area contributed by atoms with Gasteiger partial charge >= 0.3 is 0 Å². The molecule has 0 bridgehead atoms. The lowest BCUT2D eigenvalue weighted by molar-refractivity contribution is -0.0305. The smallest absolute Gasteiger partial charge is 0.0964 e. The van der Waals surface area contributed by atoms with Gasteiger partial charge in [-0.25, -0.2) is 4.98 Å². The minimum absolute atomic E-state index is 0.314. The number of allylic oxidation sites excluding steroid dienone is 4. The maximum Gasteiger partial charge on any atom is 0.0964 e. The quantitative estimate of drug-likeness (QED) is 0.485. The fourth-order valence-corrected chi connectivity index (χ4v) is 7.89. The molecule has 2 aromatic rings. The zero-order chi connectivity index (χ0) is 19.8. The molecule has 0 amide bonds. The summed E-state index contributed by atoms with van der Waals surface area (Å²) in [5.41, 5.74) is 4.99. The van der Waals surface area contributed by atoms with Gasteiger partial charge < -0.3 is 4.57 Å². The Bertz CT molecular complexity index is 1010. The van der Waals surface area contributed by atoms with Crippen LogP contribution in [-0.2, 0) is 0 Å². The number of benzene rings is 1. The standard InChI is InChI=1S/C27H34N2/c1-18-12-14-26(2)19(16-18)8-9-20-21-10-11-25(27(21,3)15-13-22(20)26)29-17-28-23-6-4-5-7-24(23)29/h4-8,10-11,17-18,20-22,25H,9,12-16H2,1-3H3/t18-,20?,21?,22?,25?,26+,27+/m1/s1. The first kappa shape index (κ1) is 18.0. The Morgan fingerprint density at radius 2 is 1.93 bits per heavy atom. The second kappa shape index (κ2) is 6.09. The first-order valence-electron chi connectivity index (χ1n) is 11.8. The molecule has 2 saturated carbocycles. The van der Waals surface area contributed by atoms with Crippen LogP contribution < -0.4 is 0 Å². The van der Waals surface area contributed by atoms with E-state index in [1.54, 1.807) is 5.57 Å². The van der Waals surface area contributed by atoms with Crippen LogP contribution in [0.15, 0.2) is 54.4 Å². The topological polar surface area (TPSA) is 17.8 Å². The molecule has 1 aromatic carbocycles. The predicted octanol–water partition coefficient (Wildman–Crippen LogP) is 6.95. The van der Waals surface area contributed by atoms with E-state index in [9.17, 15) is 0 Å². The van der Waals surface area contributed by atoms with E-state index in [2.05, 4.69) is 74.2 Å². The third kappa shape index (κ3) is 2.38. The summed E-state index contributed by atoms with van der Waals surface area (Å²) in [4.78, 5) is 4.71. The molecule has 2 fully saturated rings. The van der Waals surface area contributed by atoms with Gasteiger partial charge in [-0.2, -0.15) is 0 Å². The third-order valence-electron chi connectivity index (χ3n) is 9.60. The van der Waals surface area contributed by atoms with Crippen LogP contribution >= 0.6 is 0 Å². The lowest BCUT2D eigenvalue weighted by Crippen LogP contribution is -2.50. The number of aromatic nitrogens is 2. The molecule has 0 saturated heterocycles. The highest BCUT2D eigenvalue weighted by Crippen LogP contribution is 2.65. The fourth-order valence-electron chi connectivity index (χ4n) is 7.89. The zero-order valence-electron chi connectivity index (χ0n) is 18.1. The van der Waals surface area contributed by atoms with Crippen LogP contribution in [0.25, 0.3) is 11.0 Å². The molecule has 0 aliphatic heterocycles. The van der Waals surface area contributed by atoms with Crippen molar-refractivity contribution in [3.05, 3.63) is 54.4 Å². The largest absolute Gasteiger partial charge is 0.323 e. The summed E-state index contributed by atoms with van der Waals surface area (Å²) in [5.74, 6) is 3.26. The number of nitrogens with zero attached hydrogens (tertiary/aromatic N) is 2. The summed E-state index contributed by atoms with van der Waals surface area (Å²) >= 11 is 0. The second-order valence-electron chi connectivity index (χ2n) is 11.0. The van der Waals surface area contributed by atoms with Crippen molar-refractivity contribution in [3.63, 3.8) is 0 Å². The minimum Gasteiger partial charge on any atom is -0.323 e. The van der Waals surface area contributed by atoms with Gasteiger partial charge in [-0.1, -0.05) is 56.7 Å². The monoisotopic (exact) mass is 386 g/mol. The molecule has 0 radical (unpaired) electrons. The van der Waals surface area contributed by atoms with Crippen molar-refractivity contribution in [3.8, 4) is 0 Å². The fraction of sp³-hybridized carbons (Fsp3) is 0.593. The maximum absolute atomic E-state index is 4.71. The van der Waals surface area contributed by atoms with Crippen LogP contribution in [-0.4, -0.2) is 9.55 Å². The van der Waals surface area contributed by atoms with Crippen LogP contribution in [0.1, 0.15) is 65.3 Å². The molecule has 152 valence electrons. The Morgan fingerprint density at radius 1 is 1.07 bits per heavy atom. The Labute approximate surface area is 175 Å². The zero-order valence-corrected chi connectivity index (χ0v) is 18.1. The summed E-state index contributed by atoms with van der Waals surface area (Å²) in [7, 11) is 0. The Balaban J connectivity index is 1.36. The lowest BCUT2D eigenvalue weighted by Gasteiger charge is -2.58. The van der Waals surface area contributed by atoms with Crippen molar-refractivity contribution >= 4 is 11.0 Å². The minimum atomic E-state index is 0.314. The Kier molecular flexibility index (Phi) is 3.78. The molecular weight excluding hydrogens is 352 g/mol. The molecule has 4 aliphatic carbocycles. The number of hydrogen-bond acceptors (Lipinski definition) is 1. The van der Waals surface area contributed by atoms with Crippen molar-refractivity contribution in [2.45, 2.75) is 65.3 Å². The normalized spacial score (nSPS) is 43.6. The molecule has 2 heteroatoms. The van der Waals surface area contributed by atoms with Gasteiger partial charge in [-0.05, 0) is 85.2 Å².